The van der Waals surface area contributed by atoms with Crippen molar-refractivity contribution in [1.82, 2.24) is 0 Å². The van der Waals surface area contributed by atoms with Gasteiger partial charge in [0.1, 0.15) is 5.82 Å². The van der Waals surface area contributed by atoms with Crippen LogP contribution in [0.5, 0.6) is 0 Å². The van der Waals surface area contributed by atoms with E-state index in [1.807, 2.05) is 11.9 Å². The molecule has 0 fully saturated rings. The number of rotatable bonds is 3. The minimum atomic E-state index is -0.374. The predicted octanol–water partition coefficient (Wildman–Crippen LogP) is 3.90. The van der Waals surface area contributed by atoms with Gasteiger partial charge in [0.05, 0.1) is 0 Å². The minimum Gasteiger partial charge on any atom is -0.371 e. The van der Waals surface area contributed by atoms with Crippen LogP contribution in [0.4, 0.5) is 10.1 Å². The van der Waals surface area contributed by atoms with Crippen molar-refractivity contribution in [2.24, 2.45) is 5.41 Å². The van der Waals surface area contributed by atoms with Crippen LogP contribution in [0.2, 0.25) is 0 Å². The number of hydrogen-bond donors (Lipinski definition) is 0. The first-order valence-corrected chi connectivity index (χ1v) is 6.18. The number of ketones is 1. The molecule has 18 heavy (non-hydrogen) atoms. The number of hydrogen-bond acceptors (Lipinski definition) is 2. The third kappa shape index (κ3) is 3.09. The molecule has 1 aromatic carbocycles. The molecule has 0 bridgehead atoms. The second kappa shape index (κ2) is 5.09. The zero-order chi connectivity index (χ0) is 14.1. The molecule has 1 unspecified atom stereocenters. The summed E-state index contributed by atoms with van der Waals surface area (Å²) in [4.78, 5) is 13.6. The number of carbonyl (C=O) groups is 1. The normalized spacial score (nSPS) is 13.3. The van der Waals surface area contributed by atoms with Crippen LogP contribution >= 0.6 is 0 Å². The molecule has 0 aliphatic heterocycles. The number of carbonyl (C=O) groups excluding carboxylic acids is 1. The first-order valence-electron chi connectivity index (χ1n) is 6.18. The molecule has 3 heteroatoms. The molecule has 0 aliphatic rings. The van der Waals surface area contributed by atoms with Gasteiger partial charge >= 0.3 is 0 Å². The topological polar surface area (TPSA) is 20.3 Å². The third-order valence-corrected chi connectivity index (χ3v) is 3.55. The first-order chi connectivity index (χ1) is 8.14. The Hall–Kier alpha value is -1.38. The Kier molecular flexibility index (Phi) is 4.15. The molecule has 0 N–H and O–H groups in total. The van der Waals surface area contributed by atoms with Gasteiger partial charge in [-0.25, -0.2) is 4.39 Å². The van der Waals surface area contributed by atoms with E-state index in [4.69, 9.17) is 0 Å². The fraction of sp³-hybridized carbons (Fsp3) is 0.533. The Morgan fingerprint density at radius 3 is 2.33 bits per heavy atom. The summed E-state index contributed by atoms with van der Waals surface area (Å²) in [5.74, 6) is -0.488. The molecule has 1 aromatic rings. The fourth-order valence-electron chi connectivity index (χ4n) is 1.89. The molecule has 0 saturated carbocycles. The van der Waals surface area contributed by atoms with Gasteiger partial charge in [-0.15, -0.1) is 0 Å². The zero-order valence-electron chi connectivity index (χ0n) is 12.0. The van der Waals surface area contributed by atoms with Crippen molar-refractivity contribution in [3.8, 4) is 0 Å². The Bertz CT molecular complexity index is 448. The monoisotopic (exact) mass is 251 g/mol. The van der Waals surface area contributed by atoms with Gasteiger partial charge in [0, 0.05) is 24.3 Å². The van der Waals surface area contributed by atoms with Crippen LogP contribution in [0.3, 0.4) is 0 Å². The van der Waals surface area contributed by atoms with Crippen molar-refractivity contribution in [3.05, 3.63) is 29.6 Å². The van der Waals surface area contributed by atoms with E-state index < -0.39 is 0 Å². The maximum absolute atomic E-state index is 13.2. The highest BCUT2D eigenvalue weighted by atomic mass is 19.1. The van der Waals surface area contributed by atoms with Gasteiger partial charge < -0.3 is 4.90 Å². The Morgan fingerprint density at radius 2 is 1.89 bits per heavy atom. The summed E-state index contributed by atoms with van der Waals surface area (Å²) >= 11 is 0. The van der Waals surface area contributed by atoms with Gasteiger partial charge in [-0.3, -0.25) is 4.79 Å². The second-order valence-electron chi connectivity index (χ2n) is 5.87. The van der Waals surface area contributed by atoms with E-state index in [1.54, 1.807) is 6.07 Å². The summed E-state index contributed by atoms with van der Waals surface area (Å²) in [6, 6.07) is 4.62. The number of nitrogens with zero attached hydrogens (tertiary/aromatic N) is 1. The lowest BCUT2D eigenvalue weighted by Crippen LogP contribution is -2.40. The van der Waals surface area contributed by atoms with Crippen molar-refractivity contribution < 1.29 is 9.18 Å². The van der Waals surface area contributed by atoms with E-state index >= 15 is 0 Å². The summed E-state index contributed by atoms with van der Waals surface area (Å²) in [6.45, 7) is 10.0. The van der Waals surface area contributed by atoms with E-state index in [1.165, 1.54) is 19.1 Å². The average molecular weight is 251 g/mol. The summed E-state index contributed by atoms with van der Waals surface area (Å²) in [5, 5.41) is 0. The molecular formula is C15H22FNO. The van der Waals surface area contributed by atoms with E-state index in [2.05, 4.69) is 27.7 Å². The number of halogens is 1. The highest BCUT2D eigenvalue weighted by molar-refractivity contribution is 5.99. The smallest absolute Gasteiger partial charge is 0.161 e. The van der Waals surface area contributed by atoms with Crippen LogP contribution in [0, 0.1) is 11.2 Å². The third-order valence-electron chi connectivity index (χ3n) is 3.55. The molecule has 0 aliphatic carbocycles. The van der Waals surface area contributed by atoms with Crippen LogP contribution in [0.1, 0.15) is 45.0 Å². The van der Waals surface area contributed by atoms with Crippen LogP contribution in [0.25, 0.3) is 0 Å². The maximum Gasteiger partial charge on any atom is 0.161 e. The molecule has 0 saturated heterocycles. The van der Waals surface area contributed by atoms with Gasteiger partial charge in [-0.1, -0.05) is 20.8 Å². The lowest BCUT2D eigenvalue weighted by molar-refractivity contribution is 0.101. The molecule has 0 radical (unpaired) electrons. The van der Waals surface area contributed by atoms with Crippen molar-refractivity contribution in [1.29, 1.82) is 0 Å². The zero-order valence-corrected chi connectivity index (χ0v) is 12.0. The van der Waals surface area contributed by atoms with Crippen LogP contribution in [0.15, 0.2) is 18.2 Å². The van der Waals surface area contributed by atoms with E-state index in [9.17, 15) is 9.18 Å². The van der Waals surface area contributed by atoms with E-state index in [0.29, 0.717) is 5.56 Å². The van der Waals surface area contributed by atoms with E-state index in [-0.39, 0.29) is 23.1 Å². The Balaban J connectivity index is 3.21. The SMILES string of the molecule is CC(=O)c1cc(F)ccc1N(C)C(C)C(C)(C)C. The van der Waals surface area contributed by atoms with Crippen molar-refractivity contribution in [3.63, 3.8) is 0 Å². The van der Waals surface area contributed by atoms with Crippen LogP contribution in [-0.2, 0) is 0 Å². The maximum atomic E-state index is 13.2. The Labute approximate surface area is 109 Å². The predicted molar refractivity (Wildman–Crippen MR) is 73.7 cm³/mol. The highest BCUT2D eigenvalue weighted by Crippen LogP contribution is 2.30. The molecular weight excluding hydrogens is 229 g/mol. The molecule has 0 amide bonds. The first kappa shape index (κ1) is 14.7. The molecule has 0 heterocycles. The van der Waals surface area contributed by atoms with Crippen molar-refractivity contribution in [2.45, 2.75) is 40.7 Å². The average Bonchev–Trinajstić information content (AvgIpc) is 2.25. The Morgan fingerprint density at radius 1 is 1.33 bits per heavy atom. The van der Waals surface area contributed by atoms with Gasteiger partial charge in [0.2, 0.25) is 0 Å². The lowest BCUT2D eigenvalue weighted by Gasteiger charge is -2.37. The summed E-state index contributed by atoms with van der Waals surface area (Å²) in [6.07, 6.45) is 0. The molecule has 100 valence electrons. The molecule has 0 aromatic heterocycles. The van der Waals surface area contributed by atoms with Crippen LogP contribution in [-0.4, -0.2) is 18.9 Å². The second-order valence-corrected chi connectivity index (χ2v) is 5.87. The summed E-state index contributed by atoms with van der Waals surface area (Å²) < 4.78 is 13.2. The largest absolute Gasteiger partial charge is 0.371 e. The molecule has 0 spiro atoms. The molecule has 1 rings (SSSR count). The van der Waals surface area contributed by atoms with Gasteiger partial charge in [-0.2, -0.15) is 0 Å². The molecule has 2 nitrogen and oxygen atoms in total. The minimum absolute atomic E-state index is 0.0806. The fourth-order valence-corrected chi connectivity index (χ4v) is 1.89. The van der Waals surface area contributed by atoms with E-state index in [0.717, 1.165) is 5.69 Å². The number of Topliss-reactive ketones (excluding diaryl/α,β-unsaturated/α-hetero) is 1. The van der Waals surface area contributed by atoms with Gasteiger partial charge in [0.25, 0.3) is 0 Å². The highest BCUT2D eigenvalue weighted by Gasteiger charge is 2.26. The number of benzene rings is 1. The standard InChI is InChI=1S/C15H22FNO/c1-10(18)13-9-12(16)7-8-14(13)17(6)11(2)15(3,4)5/h7-9,11H,1-6H3. The van der Waals surface area contributed by atoms with Crippen molar-refractivity contribution >= 4 is 11.5 Å². The molecule has 1 atom stereocenters. The number of anilines is 1. The van der Waals surface area contributed by atoms with Crippen molar-refractivity contribution in [2.75, 3.05) is 11.9 Å². The lowest BCUT2D eigenvalue weighted by atomic mass is 9.86. The van der Waals surface area contributed by atoms with Gasteiger partial charge in [-0.05, 0) is 37.5 Å². The summed E-state index contributed by atoms with van der Waals surface area (Å²) in [5.41, 5.74) is 1.30. The van der Waals surface area contributed by atoms with Gasteiger partial charge in [0.15, 0.2) is 5.78 Å². The quantitative estimate of drug-likeness (QED) is 0.759. The van der Waals surface area contributed by atoms with Crippen LogP contribution < -0.4 is 4.90 Å². The summed E-state index contributed by atoms with van der Waals surface area (Å²) in [7, 11) is 1.94.